The molecule has 158 valence electrons. The first-order valence-corrected chi connectivity index (χ1v) is 10.9. The van der Waals surface area contributed by atoms with Crippen LogP contribution in [0.3, 0.4) is 0 Å². The zero-order chi connectivity index (χ0) is 21.5. The smallest absolute Gasteiger partial charge is 0.279 e. The fourth-order valence-electron chi connectivity index (χ4n) is 3.43. The molecule has 10 heteroatoms. The second-order valence-electron chi connectivity index (χ2n) is 7.45. The number of nitrogens with one attached hydrogen (secondary N) is 2. The second-order valence-corrected chi connectivity index (χ2v) is 8.40. The first kappa shape index (κ1) is 19.4. The van der Waals surface area contributed by atoms with Crippen LogP contribution in [0, 0.1) is 6.92 Å². The summed E-state index contributed by atoms with van der Waals surface area (Å²) in [6.45, 7) is 3.69. The van der Waals surface area contributed by atoms with Gasteiger partial charge in [0, 0.05) is 29.3 Å². The van der Waals surface area contributed by atoms with Gasteiger partial charge in [0.2, 0.25) is 5.95 Å². The molecule has 4 aromatic rings. The lowest BCUT2D eigenvalue weighted by molar-refractivity contribution is 0.101. The minimum atomic E-state index is -0.418. The van der Waals surface area contributed by atoms with Crippen LogP contribution in [0.2, 0.25) is 0 Å². The number of hydrogen-bond acceptors (Lipinski definition) is 7. The van der Waals surface area contributed by atoms with Crippen LogP contribution in [0.4, 0.5) is 5.82 Å². The third-order valence-corrected chi connectivity index (χ3v) is 6.12. The predicted molar refractivity (Wildman–Crippen MR) is 116 cm³/mol. The molecule has 1 saturated carbocycles. The lowest BCUT2D eigenvalue weighted by Gasteiger charge is -2.09. The van der Waals surface area contributed by atoms with Gasteiger partial charge in [-0.1, -0.05) is 18.1 Å². The third kappa shape index (κ3) is 3.70. The number of hydrogen-bond donors (Lipinski definition) is 2. The van der Waals surface area contributed by atoms with E-state index in [9.17, 15) is 9.59 Å². The Morgan fingerprint density at radius 3 is 2.90 bits per heavy atom. The van der Waals surface area contributed by atoms with Crippen molar-refractivity contribution < 1.29 is 9.32 Å². The summed E-state index contributed by atoms with van der Waals surface area (Å²) >= 11 is 1.53. The van der Waals surface area contributed by atoms with Gasteiger partial charge in [-0.15, -0.1) is 11.3 Å². The maximum atomic E-state index is 12.8. The highest BCUT2D eigenvalue weighted by molar-refractivity contribution is 7.13. The molecule has 2 N–H and O–H groups in total. The Bertz CT molecular complexity index is 1310. The Kier molecular flexibility index (Phi) is 4.78. The number of anilines is 1. The number of carbonyl (C=O) groups excluding carboxylic acids is 1. The normalized spacial score (nSPS) is 13.5. The SMILES string of the molecule is CCc1c(C)nc(-n2nc(-c3cccs3)cc2NC(=O)c2cc(C3CC3)on2)[nH]c1=O. The molecule has 4 heterocycles. The first-order chi connectivity index (χ1) is 15.0. The standard InChI is InChI=1S/C21H20N6O3S/c1-3-13-11(2)22-21(24-19(13)28)27-18(10-14(25-27)17-5-4-8-31-17)23-20(29)15-9-16(30-26-15)12-6-7-12/h4-5,8-10,12H,3,6-7H2,1-2H3,(H,23,29)(H,22,24,28). The topological polar surface area (TPSA) is 119 Å². The average Bonchev–Trinajstić information content (AvgIpc) is 3.15. The molecule has 1 amide bonds. The van der Waals surface area contributed by atoms with E-state index in [4.69, 9.17) is 4.52 Å². The van der Waals surface area contributed by atoms with E-state index in [1.165, 1.54) is 16.0 Å². The number of amides is 1. The van der Waals surface area contributed by atoms with Crippen LogP contribution >= 0.6 is 11.3 Å². The zero-order valence-electron chi connectivity index (χ0n) is 17.0. The monoisotopic (exact) mass is 436 g/mol. The molecular weight excluding hydrogens is 416 g/mol. The van der Waals surface area contributed by atoms with Crippen LogP contribution in [0.25, 0.3) is 16.5 Å². The molecule has 0 saturated heterocycles. The predicted octanol–water partition coefficient (Wildman–Crippen LogP) is 3.67. The molecule has 0 radical (unpaired) electrons. The van der Waals surface area contributed by atoms with E-state index < -0.39 is 5.91 Å². The number of aromatic amines is 1. The summed E-state index contributed by atoms with van der Waals surface area (Å²) in [5.41, 5.74) is 1.88. The van der Waals surface area contributed by atoms with Gasteiger partial charge in [0.25, 0.3) is 11.5 Å². The number of carbonyl (C=O) groups is 1. The van der Waals surface area contributed by atoms with Gasteiger partial charge in [0.05, 0.1) is 4.88 Å². The molecule has 1 aliphatic rings. The molecule has 0 atom stereocenters. The van der Waals surface area contributed by atoms with Crippen LogP contribution in [0.15, 0.2) is 39.0 Å². The summed E-state index contributed by atoms with van der Waals surface area (Å²) in [6.07, 6.45) is 2.69. The largest absolute Gasteiger partial charge is 0.360 e. The van der Waals surface area contributed by atoms with E-state index in [0.717, 1.165) is 23.5 Å². The van der Waals surface area contributed by atoms with Crippen molar-refractivity contribution in [1.82, 2.24) is 24.9 Å². The summed E-state index contributed by atoms with van der Waals surface area (Å²) in [6, 6.07) is 7.28. The quantitative estimate of drug-likeness (QED) is 0.476. The van der Waals surface area contributed by atoms with E-state index in [0.29, 0.717) is 35.1 Å². The summed E-state index contributed by atoms with van der Waals surface area (Å²) in [5, 5.41) is 13.3. The maximum Gasteiger partial charge on any atom is 0.279 e. The molecule has 31 heavy (non-hydrogen) atoms. The lowest BCUT2D eigenvalue weighted by atomic mass is 10.2. The number of thiophene rings is 1. The average molecular weight is 436 g/mol. The first-order valence-electron chi connectivity index (χ1n) is 10.1. The molecule has 0 bridgehead atoms. The van der Waals surface area contributed by atoms with Crippen molar-refractivity contribution in [3.63, 3.8) is 0 Å². The van der Waals surface area contributed by atoms with Crippen LogP contribution < -0.4 is 10.9 Å². The maximum absolute atomic E-state index is 12.8. The van der Waals surface area contributed by atoms with E-state index >= 15 is 0 Å². The van der Waals surface area contributed by atoms with Gasteiger partial charge in [-0.3, -0.25) is 14.6 Å². The molecule has 4 aromatic heterocycles. The molecule has 5 rings (SSSR count). The zero-order valence-corrected chi connectivity index (χ0v) is 17.8. The third-order valence-electron chi connectivity index (χ3n) is 5.23. The number of rotatable bonds is 6. The Morgan fingerprint density at radius 2 is 2.23 bits per heavy atom. The van der Waals surface area contributed by atoms with Gasteiger partial charge in [0.1, 0.15) is 17.3 Å². The van der Waals surface area contributed by atoms with Crippen molar-refractivity contribution in [2.75, 3.05) is 5.32 Å². The van der Waals surface area contributed by atoms with Crippen molar-refractivity contribution in [1.29, 1.82) is 0 Å². The number of aryl methyl sites for hydroxylation is 1. The summed E-state index contributed by atoms with van der Waals surface area (Å²) in [5.74, 6) is 1.28. The Labute approximate surface area is 181 Å². The van der Waals surface area contributed by atoms with Gasteiger partial charge < -0.3 is 9.84 Å². The number of nitrogens with zero attached hydrogens (tertiary/aromatic N) is 4. The summed E-state index contributed by atoms with van der Waals surface area (Å²) in [4.78, 5) is 33.5. The minimum absolute atomic E-state index is 0.200. The van der Waals surface area contributed by atoms with Crippen molar-refractivity contribution in [3.8, 4) is 16.5 Å². The van der Waals surface area contributed by atoms with Crippen molar-refractivity contribution in [2.24, 2.45) is 0 Å². The highest BCUT2D eigenvalue weighted by atomic mass is 32.1. The van der Waals surface area contributed by atoms with Crippen molar-refractivity contribution in [3.05, 3.63) is 62.7 Å². The van der Waals surface area contributed by atoms with E-state index in [2.05, 4.69) is 25.5 Å². The van der Waals surface area contributed by atoms with Gasteiger partial charge in [-0.2, -0.15) is 9.78 Å². The Balaban J connectivity index is 1.54. The van der Waals surface area contributed by atoms with Gasteiger partial charge >= 0.3 is 0 Å². The van der Waals surface area contributed by atoms with Gasteiger partial charge in [-0.25, -0.2) is 4.98 Å². The van der Waals surface area contributed by atoms with Crippen molar-refractivity contribution >= 4 is 23.1 Å². The molecular formula is C21H20N6O3S. The van der Waals surface area contributed by atoms with E-state index in [1.807, 2.05) is 24.4 Å². The number of H-pyrrole nitrogens is 1. The van der Waals surface area contributed by atoms with Gasteiger partial charge in [0.15, 0.2) is 5.69 Å². The molecule has 0 spiro atoms. The summed E-state index contributed by atoms with van der Waals surface area (Å²) < 4.78 is 6.73. The Morgan fingerprint density at radius 1 is 1.39 bits per heavy atom. The van der Waals surface area contributed by atoms with Crippen molar-refractivity contribution in [2.45, 2.75) is 39.0 Å². The Hall–Kier alpha value is -3.53. The number of aromatic nitrogens is 5. The lowest BCUT2D eigenvalue weighted by Crippen LogP contribution is -2.22. The van der Waals surface area contributed by atoms with E-state index in [-0.39, 0.29) is 17.2 Å². The van der Waals surface area contributed by atoms with Crippen LogP contribution in [-0.4, -0.2) is 30.8 Å². The molecule has 0 aliphatic heterocycles. The molecule has 1 aliphatic carbocycles. The highest BCUT2D eigenvalue weighted by Gasteiger charge is 2.29. The van der Waals surface area contributed by atoms with Gasteiger partial charge in [-0.05, 0) is 37.6 Å². The molecule has 9 nitrogen and oxygen atoms in total. The van der Waals surface area contributed by atoms with Crippen LogP contribution in [-0.2, 0) is 6.42 Å². The molecule has 0 unspecified atom stereocenters. The highest BCUT2D eigenvalue weighted by Crippen LogP contribution is 2.40. The fraction of sp³-hybridized carbons (Fsp3) is 0.286. The van der Waals surface area contributed by atoms with E-state index in [1.54, 1.807) is 19.1 Å². The van der Waals surface area contributed by atoms with Crippen LogP contribution in [0.1, 0.15) is 53.2 Å². The molecule has 0 aromatic carbocycles. The fourth-order valence-corrected chi connectivity index (χ4v) is 4.11. The molecule has 1 fully saturated rings. The van der Waals surface area contributed by atoms with Crippen LogP contribution in [0.5, 0.6) is 0 Å². The summed E-state index contributed by atoms with van der Waals surface area (Å²) in [7, 11) is 0. The second kappa shape index (κ2) is 7.62. The minimum Gasteiger partial charge on any atom is -0.360 e.